The molecule has 0 atom stereocenters. The first kappa shape index (κ1) is 19.2. The van der Waals surface area contributed by atoms with E-state index >= 15 is 0 Å². The van der Waals surface area contributed by atoms with Gasteiger partial charge in [0.15, 0.2) is 11.5 Å². The molecule has 25 heavy (non-hydrogen) atoms. The number of hydrogen-bond acceptors (Lipinski definition) is 7. The smallest absolute Gasteiger partial charge is 0.312 e. The van der Waals surface area contributed by atoms with E-state index in [1.54, 1.807) is 0 Å². The van der Waals surface area contributed by atoms with Crippen molar-refractivity contribution in [2.24, 2.45) is 5.73 Å². The molecule has 1 saturated heterocycles. The van der Waals surface area contributed by atoms with Crippen LogP contribution in [0.15, 0.2) is 23.4 Å². The van der Waals surface area contributed by atoms with Gasteiger partial charge in [0.25, 0.3) is 5.90 Å². The predicted molar refractivity (Wildman–Crippen MR) is 87.5 cm³/mol. The summed E-state index contributed by atoms with van der Waals surface area (Å²) in [4.78, 5) is 3.97. The highest BCUT2D eigenvalue weighted by Gasteiger charge is 2.27. The van der Waals surface area contributed by atoms with Gasteiger partial charge in [0, 0.05) is 11.1 Å². The second-order valence-electron chi connectivity index (χ2n) is 5.63. The first-order valence-electron chi connectivity index (χ1n) is 6.96. The molecule has 1 fully saturated rings. The summed E-state index contributed by atoms with van der Waals surface area (Å²) in [6.45, 7) is 3.44. The van der Waals surface area contributed by atoms with Crippen LogP contribution in [-0.4, -0.2) is 46.4 Å². The highest BCUT2D eigenvalue weighted by Crippen LogP contribution is 2.16. The molecular formula is C14H16F3N5O2S. The molecule has 0 amide bonds. The van der Waals surface area contributed by atoms with E-state index in [1.165, 1.54) is 6.20 Å². The Morgan fingerprint density at radius 2 is 2.08 bits per heavy atom. The third-order valence-corrected chi connectivity index (χ3v) is 3.30. The van der Waals surface area contributed by atoms with E-state index in [2.05, 4.69) is 22.3 Å². The van der Waals surface area contributed by atoms with Gasteiger partial charge in [-0.2, -0.15) is 8.78 Å². The highest BCUT2D eigenvalue weighted by molar-refractivity contribution is 7.80. The molecule has 0 unspecified atom stereocenters. The molecule has 0 aromatic carbocycles. The number of imidazole rings is 1. The lowest BCUT2D eigenvalue weighted by Crippen LogP contribution is -2.54. The minimum atomic E-state index is -3.13. The average molecular weight is 375 g/mol. The Bertz CT molecular complexity index is 803. The maximum atomic E-state index is 13.5. The van der Waals surface area contributed by atoms with Crippen LogP contribution in [0.4, 0.5) is 13.2 Å². The van der Waals surface area contributed by atoms with Crippen molar-refractivity contribution in [2.75, 3.05) is 13.2 Å². The molecule has 2 aromatic heterocycles. The molecule has 0 saturated carbocycles. The first-order valence-corrected chi connectivity index (χ1v) is 7.41. The first-order chi connectivity index (χ1) is 11.6. The number of halogens is 3. The predicted octanol–water partition coefficient (Wildman–Crippen LogP) is 2.08. The zero-order valence-electron chi connectivity index (χ0n) is 13.1. The Labute approximate surface area is 146 Å². The largest absolute Gasteiger partial charge is 0.417 e. The van der Waals surface area contributed by atoms with E-state index in [9.17, 15) is 13.2 Å². The average Bonchev–Trinajstić information content (AvgIpc) is 2.90. The maximum Gasteiger partial charge on any atom is 0.312 e. The zero-order chi connectivity index (χ0) is 18.8. The van der Waals surface area contributed by atoms with Crippen molar-refractivity contribution in [3.8, 4) is 0 Å². The van der Waals surface area contributed by atoms with E-state index in [0.717, 1.165) is 29.9 Å². The van der Waals surface area contributed by atoms with E-state index in [0.29, 0.717) is 0 Å². The lowest BCUT2D eigenvalue weighted by Gasteiger charge is -2.33. The minimum Gasteiger partial charge on any atom is -0.417 e. The number of hydrogen-bond donors (Lipinski definition) is 4. The third kappa shape index (κ3) is 4.71. The van der Waals surface area contributed by atoms with Gasteiger partial charge in [0.2, 0.25) is 5.90 Å². The van der Waals surface area contributed by atoms with Crippen molar-refractivity contribution in [2.45, 2.75) is 23.8 Å². The van der Waals surface area contributed by atoms with Crippen LogP contribution in [0.3, 0.4) is 0 Å². The monoisotopic (exact) mass is 375 g/mol. The molecule has 0 spiro atoms. The lowest BCUT2D eigenvalue weighted by atomic mass is 10.0. The van der Waals surface area contributed by atoms with Crippen molar-refractivity contribution in [3.05, 3.63) is 30.0 Å². The van der Waals surface area contributed by atoms with Crippen LogP contribution in [0.25, 0.3) is 5.65 Å². The molecular weight excluding hydrogens is 359 g/mol. The Kier molecular flexibility index (Phi) is 5.70. The molecule has 11 heteroatoms. The standard InChI is InChI=1S/C10H7F3N4OS.C4H9NO/c11-5-1-4(19)3-17-6(2-16-10(5)17)8(14)18-9(15)7(12)13;1-4(5)2-6-3-4/h1-3,7,14-15,19H;2-3,5H2,1H3. The van der Waals surface area contributed by atoms with E-state index < -0.39 is 24.0 Å². The quantitative estimate of drug-likeness (QED) is 0.366. The number of nitrogens with two attached hydrogens (primary N) is 1. The summed E-state index contributed by atoms with van der Waals surface area (Å²) in [5, 5.41) is 14.3. The van der Waals surface area contributed by atoms with Crippen LogP contribution in [0, 0.1) is 16.6 Å². The molecule has 4 N–H and O–H groups in total. The number of nitrogens with one attached hydrogen (secondary N) is 2. The zero-order valence-corrected chi connectivity index (χ0v) is 14.0. The molecule has 1 aliphatic heterocycles. The topological polar surface area (TPSA) is 109 Å². The van der Waals surface area contributed by atoms with Crippen LogP contribution < -0.4 is 5.73 Å². The molecule has 7 nitrogen and oxygen atoms in total. The van der Waals surface area contributed by atoms with Crippen LogP contribution in [-0.2, 0) is 9.47 Å². The fourth-order valence-electron chi connectivity index (χ4n) is 1.83. The second-order valence-corrected chi connectivity index (χ2v) is 6.14. The molecule has 3 heterocycles. The lowest BCUT2D eigenvalue weighted by molar-refractivity contribution is -0.0433. The van der Waals surface area contributed by atoms with E-state index in [4.69, 9.17) is 21.3 Å². The summed E-state index contributed by atoms with van der Waals surface area (Å²) < 4.78 is 48.1. The van der Waals surface area contributed by atoms with Crippen molar-refractivity contribution in [1.29, 1.82) is 10.8 Å². The van der Waals surface area contributed by atoms with Gasteiger partial charge >= 0.3 is 6.43 Å². The van der Waals surface area contributed by atoms with Crippen molar-refractivity contribution in [3.63, 3.8) is 0 Å². The normalized spacial score (nSPS) is 15.3. The summed E-state index contributed by atoms with van der Waals surface area (Å²) in [7, 11) is 0. The van der Waals surface area contributed by atoms with Gasteiger partial charge in [0.05, 0.1) is 24.9 Å². The fraction of sp³-hybridized carbons (Fsp3) is 0.357. The summed E-state index contributed by atoms with van der Waals surface area (Å²) >= 11 is 3.96. The summed E-state index contributed by atoms with van der Waals surface area (Å²) in [5.41, 5.74) is 5.34. The van der Waals surface area contributed by atoms with Crippen molar-refractivity contribution in [1.82, 2.24) is 9.38 Å². The van der Waals surface area contributed by atoms with Crippen molar-refractivity contribution >= 4 is 30.1 Å². The molecule has 0 bridgehead atoms. The van der Waals surface area contributed by atoms with Crippen LogP contribution in [0.2, 0.25) is 0 Å². The summed E-state index contributed by atoms with van der Waals surface area (Å²) in [5.74, 6) is -2.76. The van der Waals surface area contributed by atoms with E-state index in [-0.39, 0.29) is 21.8 Å². The number of ether oxygens (including phenoxy) is 2. The second kappa shape index (κ2) is 7.42. The number of nitrogens with zero attached hydrogens (tertiary/aromatic N) is 2. The van der Waals surface area contributed by atoms with Gasteiger partial charge in [0.1, 0.15) is 5.69 Å². The molecule has 136 valence electrons. The van der Waals surface area contributed by atoms with Gasteiger partial charge in [-0.15, -0.1) is 12.6 Å². The Morgan fingerprint density at radius 3 is 2.56 bits per heavy atom. The van der Waals surface area contributed by atoms with Gasteiger partial charge in [-0.05, 0) is 13.0 Å². The van der Waals surface area contributed by atoms with Gasteiger partial charge < -0.3 is 15.2 Å². The number of fused-ring (bicyclic) bond motifs is 1. The Morgan fingerprint density at radius 1 is 1.48 bits per heavy atom. The number of aromatic nitrogens is 2. The molecule has 3 rings (SSSR count). The molecule has 1 aliphatic rings. The summed E-state index contributed by atoms with van der Waals surface area (Å²) in [6, 6.07) is 1.13. The van der Waals surface area contributed by atoms with Crippen LogP contribution in [0.5, 0.6) is 0 Å². The Hall–Kier alpha value is -2.11. The van der Waals surface area contributed by atoms with Crippen LogP contribution >= 0.6 is 12.6 Å². The fourth-order valence-corrected chi connectivity index (χ4v) is 2.06. The number of thiol groups is 1. The molecule has 0 radical (unpaired) electrons. The van der Waals surface area contributed by atoms with Gasteiger partial charge in [-0.25, -0.2) is 9.37 Å². The molecule has 2 aromatic rings. The maximum absolute atomic E-state index is 13.5. The minimum absolute atomic E-state index is 0. The Balaban J connectivity index is 0.000000316. The number of pyridine rings is 1. The van der Waals surface area contributed by atoms with Crippen molar-refractivity contribution < 1.29 is 22.6 Å². The van der Waals surface area contributed by atoms with Gasteiger partial charge in [-0.3, -0.25) is 15.2 Å². The number of rotatable bonds is 2. The SMILES string of the molecule is CC1(N)COC1.N=C(OC(=N)C(F)F)c1cnc2c(F)cc(S)cn12. The molecule has 0 aliphatic carbocycles. The van der Waals surface area contributed by atoms with Gasteiger partial charge in [-0.1, -0.05) is 0 Å². The highest BCUT2D eigenvalue weighted by atomic mass is 32.1. The van der Waals surface area contributed by atoms with E-state index in [1.807, 2.05) is 6.92 Å². The summed E-state index contributed by atoms with van der Waals surface area (Å²) in [6.07, 6.45) is -0.683. The number of alkyl halides is 2. The van der Waals surface area contributed by atoms with Crippen LogP contribution in [0.1, 0.15) is 12.6 Å². The third-order valence-electron chi connectivity index (χ3n) is 3.05.